The molecule has 6 heteroatoms. The Morgan fingerprint density at radius 2 is 2.32 bits per heavy atom. The van der Waals surface area contributed by atoms with Crippen LogP contribution in [0.4, 0.5) is 5.82 Å². The van der Waals surface area contributed by atoms with Gasteiger partial charge in [0.1, 0.15) is 17.1 Å². The highest BCUT2D eigenvalue weighted by molar-refractivity contribution is 5.94. The lowest BCUT2D eigenvalue weighted by Gasteiger charge is -2.10. The number of fused-ring (bicyclic) bond motifs is 3. The molecule has 1 aromatic carbocycles. The number of aromatic hydroxyl groups is 1. The van der Waals surface area contributed by atoms with Gasteiger partial charge in [-0.2, -0.15) is 4.99 Å². The summed E-state index contributed by atoms with van der Waals surface area (Å²) >= 11 is 0. The third kappa shape index (κ3) is 1.76. The monoisotopic (exact) mass is 258 g/mol. The van der Waals surface area contributed by atoms with Gasteiger partial charge in [0.15, 0.2) is 0 Å². The zero-order chi connectivity index (χ0) is 13.6. The van der Waals surface area contributed by atoms with Crippen LogP contribution >= 0.6 is 0 Å². The molecular formula is C13H14N4O2. The van der Waals surface area contributed by atoms with E-state index in [2.05, 4.69) is 15.3 Å². The van der Waals surface area contributed by atoms with Gasteiger partial charge < -0.3 is 10.4 Å². The molecule has 0 saturated heterocycles. The number of nitrogens with one attached hydrogen (secondary N) is 1. The van der Waals surface area contributed by atoms with Crippen molar-refractivity contribution in [3.8, 4) is 5.75 Å². The van der Waals surface area contributed by atoms with E-state index in [4.69, 9.17) is 0 Å². The van der Waals surface area contributed by atoms with Crippen LogP contribution in [0.3, 0.4) is 0 Å². The maximum atomic E-state index is 11.2. The Labute approximate surface area is 109 Å². The number of carbonyl (C=O) groups excluding carboxylic acids is 1. The topological polar surface area (TPSA) is 79.5 Å². The van der Waals surface area contributed by atoms with Gasteiger partial charge in [0.2, 0.25) is 11.5 Å². The number of rotatable bonds is 0. The fraction of sp³-hybridized carbons (Fsp3) is 0.308. The zero-order valence-corrected chi connectivity index (χ0v) is 10.8. The SMILES string of the molecule is CC(=O)N=c1nc2c(O)c(C)ccc2c2n1CCN2. The highest BCUT2D eigenvalue weighted by Crippen LogP contribution is 2.31. The van der Waals surface area contributed by atoms with Crippen molar-refractivity contribution >= 4 is 22.6 Å². The maximum absolute atomic E-state index is 11.2. The van der Waals surface area contributed by atoms with Gasteiger partial charge in [0.25, 0.3) is 0 Å². The number of aryl methyl sites for hydroxylation is 1. The first kappa shape index (κ1) is 11.7. The Kier molecular flexibility index (Phi) is 2.51. The molecule has 0 fully saturated rings. The molecule has 0 saturated carbocycles. The van der Waals surface area contributed by atoms with E-state index >= 15 is 0 Å². The van der Waals surface area contributed by atoms with E-state index in [1.165, 1.54) is 6.92 Å². The van der Waals surface area contributed by atoms with Gasteiger partial charge in [0, 0.05) is 25.4 Å². The molecule has 1 amide bonds. The largest absolute Gasteiger partial charge is 0.505 e. The van der Waals surface area contributed by atoms with Gasteiger partial charge in [-0.1, -0.05) is 6.07 Å². The molecular weight excluding hydrogens is 244 g/mol. The second kappa shape index (κ2) is 4.08. The van der Waals surface area contributed by atoms with Gasteiger partial charge in [-0.3, -0.25) is 9.36 Å². The quantitative estimate of drug-likeness (QED) is 0.736. The van der Waals surface area contributed by atoms with E-state index in [-0.39, 0.29) is 11.7 Å². The minimum absolute atomic E-state index is 0.134. The molecule has 6 nitrogen and oxygen atoms in total. The number of anilines is 1. The average molecular weight is 258 g/mol. The Bertz CT molecular complexity index is 761. The third-order valence-corrected chi connectivity index (χ3v) is 3.22. The van der Waals surface area contributed by atoms with Crippen LogP contribution < -0.4 is 10.9 Å². The number of phenols is 1. The maximum Gasteiger partial charge on any atom is 0.245 e. The smallest absolute Gasteiger partial charge is 0.245 e. The predicted octanol–water partition coefficient (Wildman–Crippen LogP) is 0.923. The highest BCUT2D eigenvalue weighted by atomic mass is 16.3. The van der Waals surface area contributed by atoms with Crippen molar-refractivity contribution in [3.63, 3.8) is 0 Å². The van der Waals surface area contributed by atoms with Gasteiger partial charge >= 0.3 is 0 Å². The lowest BCUT2D eigenvalue weighted by Crippen LogP contribution is -2.24. The van der Waals surface area contributed by atoms with Crippen molar-refractivity contribution in [3.05, 3.63) is 23.3 Å². The summed E-state index contributed by atoms with van der Waals surface area (Å²) in [5.74, 6) is 0.676. The average Bonchev–Trinajstić information content (AvgIpc) is 2.83. The molecule has 0 bridgehead atoms. The second-order valence-electron chi connectivity index (χ2n) is 4.60. The molecule has 3 rings (SSSR count). The van der Waals surface area contributed by atoms with E-state index < -0.39 is 0 Å². The van der Waals surface area contributed by atoms with Crippen molar-refractivity contribution < 1.29 is 9.90 Å². The van der Waals surface area contributed by atoms with Crippen molar-refractivity contribution in [1.29, 1.82) is 0 Å². The summed E-state index contributed by atoms with van der Waals surface area (Å²) in [4.78, 5) is 19.4. The van der Waals surface area contributed by atoms with E-state index in [1.54, 1.807) is 0 Å². The summed E-state index contributed by atoms with van der Waals surface area (Å²) < 4.78 is 1.86. The predicted molar refractivity (Wildman–Crippen MR) is 70.9 cm³/mol. The Morgan fingerprint density at radius 3 is 3.05 bits per heavy atom. The molecule has 2 aromatic rings. The van der Waals surface area contributed by atoms with Crippen molar-refractivity contribution in [2.75, 3.05) is 11.9 Å². The van der Waals surface area contributed by atoms with Gasteiger partial charge in [-0.05, 0) is 18.6 Å². The fourth-order valence-electron chi connectivity index (χ4n) is 2.31. The molecule has 19 heavy (non-hydrogen) atoms. The van der Waals surface area contributed by atoms with Crippen LogP contribution in [0.5, 0.6) is 5.75 Å². The third-order valence-electron chi connectivity index (χ3n) is 3.22. The number of benzene rings is 1. The van der Waals surface area contributed by atoms with Gasteiger partial charge in [0.05, 0.1) is 0 Å². The minimum atomic E-state index is -0.305. The van der Waals surface area contributed by atoms with Crippen molar-refractivity contribution in [2.24, 2.45) is 4.99 Å². The summed E-state index contributed by atoms with van der Waals surface area (Å²) in [6, 6.07) is 3.76. The summed E-state index contributed by atoms with van der Waals surface area (Å²) in [7, 11) is 0. The molecule has 0 unspecified atom stereocenters. The van der Waals surface area contributed by atoms with E-state index in [1.807, 2.05) is 23.6 Å². The molecule has 98 valence electrons. The zero-order valence-electron chi connectivity index (χ0n) is 10.8. The van der Waals surface area contributed by atoms with Crippen LogP contribution in [0.25, 0.3) is 10.9 Å². The minimum Gasteiger partial charge on any atom is -0.505 e. The summed E-state index contributed by atoms with van der Waals surface area (Å²) in [5, 5.41) is 14.2. The van der Waals surface area contributed by atoms with Crippen LogP contribution in [0, 0.1) is 6.92 Å². The van der Waals surface area contributed by atoms with Crippen LogP contribution in [-0.2, 0) is 11.3 Å². The first-order valence-electron chi connectivity index (χ1n) is 6.10. The second-order valence-corrected chi connectivity index (χ2v) is 4.60. The van der Waals surface area contributed by atoms with Crippen molar-refractivity contribution in [2.45, 2.75) is 20.4 Å². The van der Waals surface area contributed by atoms with E-state index in [0.29, 0.717) is 17.7 Å². The number of phenolic OH excluding ortho intramolecular Hbond substituents is 1. The number of nitrogens with zero attached hydrogens (tertiary/aromatic N) is 3. The normalized spacial score (nSPS) is 14.5. The Balaban J connectivity index is 2.47. The Hall–Kier alpha value is -2.37. The molecule has 1 aromatic heterocycles. The lowest BCUT2D eigenvalue weighted by molar-refractivity contribution is -0.116. The first-order valence-corrected chi connectivity index (χ1v) is 6.10. The standard InChI is InChI=1S/C13H14N4O2/c1-7-3-4-9-10(11(7)19)16-13(15-8(2)18)17-6-5-14-12(9)17/h3-4,14,19H,5-6H2,1-2H3. The highest BCUT2D eigenvalue weighted by Gasteiger charge is 2.17. The number of hydrogen-bond acceptors (Lipinski definition) is 4. The molecule has 0 spiro atoms. The summed E-state index contributed by atoms with van der Waals surface area (Å²) in [6.07, 6.45) is 0. The van der Waals surface area contributed by atoms with Crippen molar-refractivity contribution in [1.82, 2.24) is 9.55 Å². The molecule has 0 atom stereocenters. The molecule has 0 aliphatic carbocycles. The van der Waals surface area contributed by atoms with E-state index in [0.717, 1.165) is 23.3 Å². The molecule has 2 heterocycles. The fourth-order valence-corrected chi connectivity index (χ4v) is 2.31. The lowest BCUT2D eigenvalue weighted by atomic mass is 10.1. The number of amides is 1. The molecule has 2 N–H and O–H groups in total. The Morgan fingerprint density at radius 1 is 1.53 bits per heavy atom. The van der Waals surface area contributed by atoms with Crippen LogP contribution in [-0.4, -0.2) is 27.1 Å². The number of hydrogen-bond donors (Lipinski definition) is 2. The first-order chi connectivity index (χ1) is 9.08. The number of carbonyl (C=O) groups is 1. The molecule has 1 aliphatic rings. The van der Waals surface area contributed by atoms with Crippen LogP contribution in [0.2, 0.25) is 0 Å². The molecule has 0 radical (unpaired) electrons. The van der Waals surface area contributed by atoms with Gasteiger partial charge in [-0.15, -0.1) is 0 Å². The van der Waals surface area contributed by atoms with Crippen LogP contribution in [0.15, 0.2) is 17.1 Å². The summed E-state index contributed by atoms with van der Waals surface area (Å²) in [5.41, 5.74) is 1.55. The molecule has 1 aliphatic heterocycles. The summed E-state index contributed by atoms with van der Waals surface area (Å²) in [6.45, 7) is 4.66. The van der Waals surface area contributed by atoms with Gasteiger partial charge in [-0.25, -0.2) is 4.98 Å². The van der Waals surface area contributed by atoms with Crippen LogP contribution in [0.1, 0.15) is 12.5 Å². The van der Waals surface area contributed by atoms with E-state index in [9.17, 15) is 9.90 Å². The number of aromatic nitrogens is 2.